The van der Waals surface area contributed by atoms with Gasteiger partial charge in [-0.1, -0.05) is 0 Å². The zero-order valence-corrected chi connectivity index (χ0v) is 11.7. The average Bonchev–Trinajstić information content (AvgIpc) is 2.85. The lowest BCUT2D eigenvalue weighted by Crippen LogP contribution is -2.48. The summed E-state index contributed by atoms with van der Waals surface area (Å²) in [5.41, 5.74) is 0. The van der Waals surface area contributed by atoms with Crippen LogP contribution >= 0.6 is 0 Å². The van der Waals surface area contributed by atoms with Crippen molar-refractivity contribution >= 4 is 22.8 Å². The predicted octanol–water partition coefficient (Wildman–Crippen LogP) is 0.357. The molecule has 2 amide bonds. The summed E-state index contributed by atoms with van der Waals surface area (Å²) in [5, 5.41) is 8.66. The Labute approximate surface area is 115 Å². The molecule has 19 heavy (non-hydrogen) atoms. The first-order valence-corrected chi connectivity index (χ1v) is 8.15. The van der Waals surface area contributed by atoms with Gasteiger partial charge >= 0.3 is 12.0 Å². The van der Waals surface area contributed by atoms with E-state index in [1.165, 1.54) is 0 Å². The Morgan fingerprint density at radius 2 is 1.84 bits per heavy atom. The highest BCUT2D eigenvalue weighted by molar-refractivity contribution is 7.85. The molecule has 1 unspecified atom stereocenters. The van der Waals surface area contributed by atoms with Crippen LogP contribution in [-0.2, 0) is 15.6 Å². The molecule has 2 rings (SSSR count). The number of urea groups is 1. The average molecular weight is 288 g/mol. The van der Waals surface area contributed by atoms with Crippen molar-refractivity contribution in [1.82, 2.24) is 9.80 Å². The fraction of sp³-hybridized carbons (Fsp3) is 0.833. The molecule has 0 aromatic carbocycles. The van der Waals surface area contributed by atoms with Crippen molar-refractivity contribution in [2.45, 2.75) is 19.3 Å². The second-order valence-electron chi connectivity index (χ2n) is 5.15. The first-order chi connectivity index (χ1) is 9.06. The van der Waals surface area contributed by atoms with Crippen LogP contribution in [0.5, 0.6) is 0 Å². The standard InChI is InChI=1S/C12H20N2O4S/c15-11(16)2-1-10-3-4-14(9-10)12(17)13-5-7-19(18)8-6-13/h10H,1-9H2,(H,15,16). The van der Waals surface area contributed by atoms with Crippen LogP contribution in [0.4, 0.5) is 4.79 Å². The maximum Gasteiger partial charge on any atom is 0.320 e. The summed E-state index contributed by atoms with van der Waals surface area (Å²) in [6.07, 6.45) is 1.71. The van der Waals surface area contributed by atoms with Crippen LogP contribution in [0.1, 0.15) is 19.3 Å². The second kappa shape index (κ2) is 6.36. The molecule has 2 aliphatic heterocycles. The van der Waals surface area contributed by atoms with E-state index >= 15 is 0 Å². The van der Waals surface area contributed by atoms with Crippen LogP contribution < -0.4 is 0 Å². The SMILES string of the molecule is O=C(O)CCC1CCN(C(=O)N2CCS(=O)CC2)C1. The summed E-state index contributed by atoms with van der Waals surface area (Å²) in [7, 11) is -0.772. The molecule has 0 radical (unpaired) electrons. The Balaban J connectivity index is 1.78. The van der Waals surface area contributed by atoms with E-state index in [0.717, 1.165) is 6.42 Å². The van der Waals surface area contributed by atoms with Crippen molar-refractivity contribution in [3.63, 3.8) is 0 Å². The van der Waals surface area contributed by atoms with E-state index in [2.05, 4.69) is 0 Å². The van der Waals surface area contributed by atoms with Gasteiger partial charge in [0.2, 0.25) is 0 Å². The summed E-state index contributed by atoms with van der Waals surface area (Å²) < 4.78 is 11.3. The molecule has 1 atom stereocenters. The second-order valence-corrected chi connectivity index (χ2v) is 6.85. The van der Waals surface area contributed by atoms with Crippen molar-refractivity contribution < 1.29 is 18.9 Å². The first kappa shape index (κ1) is 14.3. The van der Waals surface area contributed by atoms with Gasteiger partial charge in [0.25, 0.3) is 0 Å². The van der Waals surface area contributed by atoms with Gasteiger partial charge in [-0.05, 0) is 18.8 Å². The summed E-state index contributed by atoms with van der Waals surface area (Å²) in [4.78, 5) is 26.3. The monoisotopic (exact) mass is 288 g/mol. The number of carboxylic acid groups (broad SMARTS) is 1. The van der Waals surface area contributed by atoms with Gasteiger partial charge in [-0.2, -0.15) is 0 Å². The molecule has 7 heteroatoms. The van der Waals surface area contributed by atoms with Crippen molar-refractivity contribution in [3.05, 3.63) is 0 Å². The number of aliphatic carboxylic acids is 1. The molecule has 0 aliphatic carbocycles. The number of hydrogen-bond donors (Lipinski definition) is 1. The normalized spacial score (nSPS) is 24.7. The van der Waals surface area contributed by atoms with Crippen molar-refractivity contribution in [2.75, 3.05) is 37.7 Å². The molecule has 1 N–H and O–H groups in total. The van der Waals surface area contributed by atoms with Crippen LogP contribution in [0.25, 0.3) is 0 Å². The third-order valence-electron chi connectivity index (χ3n) is 3.77. The minimum atomic E-state index is -0.775. The fourth-order valence-corrected chi connectivity index (χ4v) is 3.65. The zero-order valence-electron chi connectivity index (χ0n) is 10.9. The molecule has 108 valence electrons. The topological polar surface area (TPSA) is 77.9 Å². The van der Waals surface area contributed by atoms with Gasteiger partial charge in [-0.25, -0.2) is 4.79 Å². The van der Waals surface area contributed by atoms with Crippen LogP contribution in [0.3, 0.4) is 0 Å². The number of likely N-dealkylation sites (tertiary alicyclic amines) is 1. The minimum absolute atomic E-state index is 0.0227. The van der Waals surface area contributed by atoms with Gasteiger partial charge in [-0.3, -0.25) is 9.00 Å². The number of carboxylic acids is 1. The van der Waals surface area contributed by atoms with Crippen molar-refractivity contribution in [1.29, 1.82) is 0 Å². The Bertz CT molecular complexity index is 378. The van der Waals surface area contributed by atoms with E-state index < -0.39 is 16.8 Å². The highest BCUT2D eigenvalue weighted by Crippen LogP contribution is 2.22. The third kappa shape index (κ3) is 3.92. The van der Waals surface area contributed by atoms with Gasteiger partial charge in [0.1, 0.15) is 0 Å². The quantitative estimate of drug-likeness (QED) is 0.813. The van der Waals surface area contributed by atoms with E-state index in [1.807, 2.05) is 0 Å². The number of carbonyl (C=O) groups excluding carboxylic acids is 1. The summed E-state index contributed by atoms with van der Waals surface area (Å²) in [6.45, 7) is 2.51. The molecule has 0 aromatic heterocycles. The molecule has 0 bridgehead atoms. The number of carbonyl (C=O) groups is 2. The smallest absolute Gasteiger partial charge is 0.320 e. The highest BCUT2D eigenvalue weighted by atomic mass is 32.2. The molecule has 0 spiro atoms. The van der Waals surface area contributed by atoms with Gasteiger partial charge in [-0.15, -0.1) is 0 Å². The molecule has 2 heterocycles. The Kier molecular flexibility index (Phi) is 4.79. The van der Waals surface area contributed by atoms with Crippen LogP contribution in [0.15, 0.2) is 0 Å². The summed E-state index contributed by atoms with van der Waals surface area (Å²) in [6, 6.07) is 0.0227. The first-order valence-electron chi connectivity index (χ1n) is 6.67. The van der Waals surface area contributed by atoms with Gasteiger partial charge in [0.15, 0.2) is 0 Å². The van der Waals surface area contributed by atoms with Crippen LogP contribution in [0.2, 0.25) is 0 Å². The largest absolute Gasteiger partial charge is 0.481 e. The number of hydrogen-bond acceptors (Lipinski definition) is 3. The molecule has 6 nitrogen and oxygen atoms in total. The minimum Gasteiger partial charge on any atom is -0.481 e. The molecular formula is C12H20N2O4S. The van der Waals surface area contributed by atoms with E-state index in [1.54, 1.807) is 9.80 Å². The Morgan fingerprint density at radius 1 is 1.16 bits per heavy atom. The van der Waals surface area contributed by atoms with Crippen LogP contribution in [0, 0.1) is 5.92 Å². The molecule has 2 saturated heterocycles. The number of rotatable bonds is 3. The molecule has 0 aromatic rings. The predicted molar refractivity (Wildman–Crippen MR) is 71.4 cm³/mol. The molecule has 2 fully saturated rings. The maximum atomic E-state index is 12.2. The van der Waals surface area contributed by atoms with Gasteiger partial charge in [0, 0.05) is 54.9 Å². The molecule has 0 saturated carbocycles. The Hall–Kier alpha value is -1.11. The van der Waals surface area contributed by atoms with E-state index in [-0.39, 0.29) is 12.5 Å². The van der Waals surface area contributed by atoms with Gasteiger partial charge < -0.3 is 14.9 Å². The lowest BCUT2D eigenvalue weighted by atomic mass is 10.0. The van der Waals surface area contributed by atoms with Crippen LogP contribution in [-0.4, -0.2) is 68.8 Å². The number of nitrogens with zero attached hydrogens (tertiary/aromatic N) is 2. The number of amides is 2. The molecular weight excluding hydrogens is 268 g/mol. The lowest BCUT2D eigenvalue weighted by molar-refractivity contribution is -0.137. The maximum absolute atomic E-state index is 12.2. The van der Waals surface area contributed by atoms with Gasteiger partial charge in [0.05, 0.1) is 0 Å². The lowest BCUT2D eigenvalue weighted by Gasteiger charge is -2.30. The molecule has 2 aliphatic rings. The zero-order chi connectivity index (χ0) is 13.8. The third-order valence-corrected chi connectivity index (χ3v) is 5.05. The van der Waals surface area contributed by atoms with E-state index in [0.29, 0.717) is 50.0 Å². The van der Waals surface area contributed by atoms with E-state index in [4.69, 9.17) is 5.11 Å². The van der Waals surface area contributed by atoms with Crippen molar-refractivity contribution in [3.8, 4) is 0 Å². The summed E-state index contributed by atoms with van der Waals surface area (Å²) in [5.74, 6) is 0.673. The Morgan fingerprint density at radius 3 is 2.47 bits per heavy atom. The highest BCUT2D eigenvalue weighted by Gasteiger charge is 2.30. The summed E-state index contributed by atoms with van der Waals surface area (Å²) >= 11 is 0. The fourth-order valence-electron chi connectivity index (χ4n) is 2.60. The van der Waals surface area contributed by atoms with E-state index in [9.17, 15) is 13.8 Å². The van der Waals surface area contributed by atoms with Crippen molar-refractivity contribution in [2.24, 2.45) is 5.92 Å².